The zero-order chi connectivity index (χ0) is 17.5. The third-order valence-corrected chi connectivity index (χ3v) is 4.33. The Morgan fingerprint density at radius 2 is 2.20 bits per heavy atom. The van der Waals surface area contributed by atoms with E-state index in [9.17, 15) is 4.79 Å². The Kier molecular flexibility index (Phi) is 5.85. The highest BCUT2D eigenvalue weighted by Crippen LogP contribution is 2.14. The molecule has 1 aliphatic rings. The average molecular weight is 340 g/mol. The molecule has 1 fully saturated rings. The maximum absolute atomic E-state index is 12.7. The van der Waals surface area contributed by atoms with E-state index >= 15 is 0 Å². The minimum Gasteiger partial charge on any atom is -0.490 e. The van der Waals surface area contributed by atoms with Crippen LogP contribution in [0, 0.1) is 0 Å². The molecular weight excluding hydrogens is 316 g/mol. The van der Waals surface area contributed by atoms with Gasteiger partial charge in [0.2, 0.25) is 0 Å². The Morgan fingerprint density at radius 3 is 2.96 bits per heavy atom. The summed E-state index contributed by atoms with van der Waals surface area (Å²) >= 11 is 0. The minimum absolute atomic E-state index is 0.0167. The fraction of sp³-hybridized carbons (Fsp3) is 0.368. The van der Waals surface area contributed by atoms with Crippen molar-refractivity contribution in [2.45, 2.75) is 19.0 Å². The maximum Gasteiger partial charge on any atom is 0.318 e. The van der Waals surface area contributed by atoms with Crippen LogP contribution in [0.15, 0.2) is 54.9 Å². The number of hydrogen-bond donors (Lipinski definition) is 2. The van der Waals surface area contributed by atoms with E-state index in [1.54, 1.807) is 12.4 Å². The van der Waals surface area contributed by atoms with Gasteiger partial charge in [0.1, 0.15) is 12.4 Å². The molecule has 2 heterocycles. The molecule has 3 rings (SSSR count). The zero-order valence-corrected chi connectivity index (χ0v) is 14.4. The molecule has 2 aromatic rings. The molecule has 0 aliphatic carbocycles. The number of ether oxygens (including phenoxy) is 1. The monoisotopic (exact) mass is 340 g/mol. The molecule has 0 bridgehead atoms. The molecule has 25 heavy (non-hydrogen) atoms. The number of nitrogens with one attached hydrogen (secondary N) is 2. The minimum atomic E-state index is -0.0577. The van der Waals surface area contributed by atoms with Gasteiger partial charge in [-0.1, -0.05) is 30.3 Å². The first-order chi connectivity index (χ1) is 12.2. The molecule has 132 valence electrons. The van der Waals surface area contributed by atoms with Crippen molar-refractivity contribution in [1.29, 1.82) is 0 Å². The van der Waals surface area contributed by atoms with Gasteiger partial charge in [-0.2, -0.15) is 0 Å². The predicted molar refractivity (Wildman–Crippen MR) is 96.5 cm³/mol. The first-order valence-electron chi connectivity index (χ1n) is 8.59. The van der Waals surface area contributed by atoms with Crippen molar-refractivity contribution in [1.82, 2.24) is 20.5 Å². The zero-order valence-electron chi connectivity index (χ0n) is 14.4. The van der Waals surface area contributed by atoms with Crippen LogP contribution < -0.4 is 15.4 Å². The molecule has 6 nitrogen and oxygen atoms in total. The normalized spacial score (nSPS) is 18.4. The van der Waals surface area contributed by atoms with Crippen molar-refractivity contribution in [3.8, 4) is 5.75 Å². The van der Waals surface area contributed by atoms with Crippen LogP contribution in [0.25, 0.3) is 0 Å². The van der Waals surface area contributed by atoms with Crippen LogP contribution in [0.4, 0.5) is 4.79 Å². The van der Waals surface area contributed by atoms with Crippen molar-refractivity contribution in [3.63, 3.8) is 0 Å². The number of hydrogen-bond acceptors (Lipinski definition) is 4. The number of pyridine rings is 1. The molecule has 1 saturated heterocycles. The number of benzene rings is 1. The highest BCUT2D eigenvalue weighted by atomic mass is 16.5. The smallest absolute Gasteiger partial charge is 0.318 e. The molecule has 1 aliphatic heterocycles. The first-order valence-corrected chi connectivity index (χ1v) is 8.59. The van der Waals surface area contributed by atoms with Crippen molar-refractivity contribution >= 4 is 6.03 Å². The van der Waals surface area contributed by atoms with Crippen molar-refractivity contribution in [3.05, 3.63) is 60.4 Å². The molecule has 2 amide bonds. The van der Waals surface area contributed by atoms with Crippen molar-refractivity contribution in [2.24, 2.45) is 0 Å². The highest BCUT2D eigenvalue weighted by molar-refractivity contribution is 5.75. The lowest BCUT2D eigenvalue weighted by Gasteiger charge is -2.36. The predicted octanol–water partition coefficient (Wildman–Crippen LogP) is 2.20. The van der Waals surface area contributed by atoms with Crippen molar-refractivity contribution < 1.29 is 9.53 Å². The molecule has 0 saturated carbocycles. The Bertz CT molecular complexity index is 666. The number of carbonyl (C=O) groups is 1. The summed E-state index contributed by atoms with van der Waals surface area (Å²) < 4.78 is 5.79. The summed E-state index contributed by atoms with van der Waals surface area (Å²) in [5, 5.41) is 6.41. The van der Waals surface area contributed by atoms with E-state index in [-0.39, 0.29) is 18.1 Å². The second kappa shape index (κ2) is 8.48. The summed E-state index contributed by atoms with van der Waals surface area (Å²) in [6, 6.07) is 13.6. The van der Waals surface area contributed by atoms with Crippen LogP contribution in [0.5, 0.6) is 5.75 Å². The SMILES string of the molecule is C[C@H](NC(=O)N1CCNC[C@H]1COc1cccnc1)c1ccccc1. The van der Waals surface area contributed by atoms with Crippen LogP contribution >= 0.6 is 0 Å². The van der Waals surface area contributed by atoms with E-state index in [1.165, 1.54) is 0 Å². The summed E-state index contributed by atoms with van der Waals surface area (Å²) in [5.41, 5.74) is 1.09. The molecule has 1 aromatic carbocycles. The largest absolute Gasteiger partial charge is 0.490 e. The Hall–Kier alpha value is -2.60. The number of nitrogens with zero attached hydrogens (tertiary/aromatic N) is 2. The second-order valence-electron chi connectivity index (χ2n) is 6.13. The lowest BCUT2D eigenvalue weighted by Crippen LogP contribution is -2.58. The Balaban J connectivity index is 1.59. The van der Waals surface area contributed by atoms with Crippen LogP contribution in [0.2, 0.25) is 0 Å². The highest BCUT2D eigenvalue weighted by Gasteiger charge is 2.28. The van der Waals surface area contributed by atoms with Gasteiger partial charge in [0.25, 0.3) is 0 Å². The van der Waals surface area contributed by atoms with E-state index in [1.807, 2.05) is 54.3 Å². The number of piperazine rings is 1. The molecular formula is C19H24N4O2. The van der Waals surface area contributed by atoms with E-state index in [2.05, 4.69) is 15.6 Å². The molecule has 2 atom stereocenters. The molecule has 1 aromatic heterocycles. The van der Waals surface area contributed by atoms with Gasteiger partial charge in [-0.3, -0.25) is 4.98 Å². The Morgan fingerprint density at radius 1 is 1.36 bits per heavy atom. The fourth-order valence-corrected chi connectivity index (χ4v) is 2.90. The summed E-state index contributed by atoms with van der Waals surface area (Å²) in [6.45, 7) is 4.60. The van der Waals surface area contributed by atoms with E-state index in [0.717, 1.165) is 12.1 Å². The van der Waals surface area contributed by atoms with E-state index in [0.29, 0.717) is 25.4 Å². The number of urea groups is 1. The van der Waals surface area contributed by atoms with Crippen LogP contribution in [0.3, 0.4) is 0 Å². The van der Waals surface area contributed by atoms with Crippen molar-refractivity contribution in [2.75, 3.05) is 26.2 Å². The van der Waals surface area contributed by atoms with Crippen LogP contribution in [-0.4, -0.2) is 48.2 Å². The van der Waals surface area contributed by atoms with Gasteiger partial charge in [-0.15, -0.1) is 0 Å². The number of aromatic nitrogens is 1. The lowest BCUT2D eigenvalue weighted by molar-refractivity contribution is 0.122. The van der Waals surface area contributed by atoms with E-state index < -0.39 is 0 Å². The summed E-state index contributed by atoms with van der Waals surface area (Å²) in [5.74, 6) is 0.714. The first kappa shape index (κ1) is 17.2. The third-order valence-electron chi connectivity index (χ3n) is 4.33. The van der Waals surface area contributed by atoms with Gasteiger partial charge in [0.05, 0.1) is 18.3 Å². The molecule has 2 N–H and O–H groups in total. The van der Waals surface area contributed by atoms with E-state index in [4.69, 9.17) is 4.74 Å². The Labute approximate surface area is 148 Å². The molecule has 0 spiro atoms. The maximum atomic E-state index is 12.7. The van der Waals surface area contributed by atoms with Crippen LogP contribution in [0.1, 0.15) is 18.5 Å². The van der Waals surface area contributed by atoms with Gasteiger partial charge >= 0.3 is 6.03 Å². The molecule has 0 unspecified atom stereocenters. The standard InChI is InChI=1S/C19H24N4O2/c1-15(16-6-3-2-4-7-16)22-19(24)23-11-10-21-12-17(23)14-25-18-8-5-9-20-13-18/h2-9,13,15,17,21H,10-12,14H2,1H3,(H,22,24)/t15-,17-/m0/s1. The van der Waals surface area contributed by atoms with Crippen LogP contribution in [-0.2, 0) is 0 Å². The third kappa shape index (κ3) is 4.70. The van der Waals surface area contributed by atoms with Gasteiger partial charge in [-0.05, 0) is 24.6 Å². The number of carbonyl (C=O) groups excluding carboxylic acids is 1. The van der Waals surface area contributed by atoms with Gasteiger partial charge in [0, 0.05) is 25.8 Å². The quantitative estimate of drug-likeness (QED) is 0.876. The van der Waals surface area contributed by atoms with Gasteiger partial charge in [-0.25, -0.2) is 4.79 Å². The second-order valence-corrected chi connectivity index (χ2v) is 6.13. The summed E-state index contributed by atoms with van der Waals surface area (Å²) in [6.07, 6.45) is 3.39. The van der Waals surface area contributed by atoms with Gasteiger partial charge < -0.3 is 20.3 Å². The average Bonchev–Trinajstić information content (AvgIpc) is 2.68. The summed E-state index contributed by atoms with van der Waals surface area (Å²) in [7, 11) is 0. The van der Waals surface area contributed by atoms with Gasteiger partial charge in [0.15, 0.2) is 0 Å². The number of amides is 2. The molecule has 0 radical (unpaired) electrons. The summed E-state index contributed by atoms with van der Waals surface area (Å²) in [4.78, 5) is 18.6. The fourth-order valence-electron chi connectivity index (χ4n) is 2.90. The lowest BCUT2D eigenvalue weighted by atomic mass is 10.1. The number of rotatable bonds is 5. The molecule has 6 heteroatoms. The topological polar surface area (TPSA) is 66.5 Å².